The first-order chi connectivity index (χ1) is 11.9. The molecular weight excluding hydrogens is 359 g/mol. The molecule has 25 heavy (non-hydrogen) atoms. The van der Waals surface area contributed by atoms with Crippen LogP contribution in [-0.2, 0) is 16.7 Å². The van der Waals surface area contributed by atoms with Gasteiger partial charge in [0.05, 0.1) is 6.61 Å². The second-order valence-corrected chi connectivity index (χ2v) is 7.22. The van der Waals surface area contributed by atoms with Crippen molar-refractivity contribution in [2.75, 3.05) is 13.2 Å². The van der Waals surface area contributed by atoms with E-state index >= 15 is 0 Å². The number of thiocarbonyl (C=S) groups is 1. The third-order valence-electron chi connectivity index (χ3n) is 4.17. The van der Waals surface area contributed by atoms with Gasteiger partial charge in [0.1, 0.15) is 23.8 Å². The minimum absolute atomic E-state index is 0.275. The zero-order chi connectivity index (χ0) is 18.0. The molecule has 130 valence electrons. The fourth-order valence-electron chi connectivity index (χ4n) is 2.89. The maximum absolute atomic E-state index is 14.4. The van der Waals surface area contributed by atoms with Crippen molar-refractivity contribution >= 4 is 34.5 Å². The number of nitrogens with two attached hydrogens (primary N) is 1. The molecule has 1 heterocycles. The first kappa shape index (κ1) is 18.0. The highest BCUT2D eigenvalue weighted by Gasteiger charge is 2.32. The van der Waals surface area contributed by atoms with Gasteiger partial charge in [-0.2, -0.15) is 0 Å². The number of benzene rings is 2. The van der Waals surface area contributed by atoms with E-state index in [0.29, 0.717) is 22.8 Å². The summed E-state index contributed by atoms with van der Waals surface area (Å²) in [6.45, 7) is 2.38. The van der Waals surface area contributed by atoms with Gasteiger partial charge in [-0.05, 0) is 42.3 Å². The minimum Gasteiger partial charge on any atom is -0.386 e. The number of amidine groups is 1. The monoisotopic (exact) mass is 376 g/mol. The van der Waals surface area contributed by atoms with Crippen molar-refractivity contribution in [3.63, 3.8) is 0 Å². The second-order valence-electron chi connectivity index (χ2n) is 6.29. The number of hydrogen-bond acceptors (Lipinski definition) is 4. The van der Waals surface area contributed by atoms with Gasteiger partial charge in [0, 0.05) is 21.9 Å². The van der Waals surface area contributed by atoms with Gasteiger partial charge in [-0.25, -0.2) is 4.39 Å². The van der Waals surface area contributed by atoms with Crippen LogP contribution in [0.4, 0.5) is 4.39 Å². The van der Waals surface area contributed by atoms with Crippen molar-refractivity contribution in [3.05, 3.63) is 70.0 Å². The molecule has 2 aromatic rings. The normalized spacial score (nSPS) is 20.2. The molecule has 2 N–H and O–H groups in total. The molecule has 0 saturated heterocycles. The van der Waals surface area contributed by atoms with Crippen LogP contribution in [0.15, 0.2) is 47.5 Å². The quantitative estimate of drug-likeness (QED) is 0.647. The van der Waals surface area contributed by atoms with Gasteiger partial charge in [-0.3, -0.25) is 4.99 Å². The minimum atomic E-state index is -0.829. The Bertz CT molecular complexity index is 838. The largest absolute Gasteiger partial charge is 0.386 e. The second kappa shape index (κ2) is 7.20. The molecule has 1 aliphatic rings. The third kappa shape index (κ3) is 4.06. The summed E-state index contributed by atoms with van der Waals surface area (Å²) in [6.07, 6.45) is 0.528. The fourth-order valence-corrected chi connectivity index (χ4v) is 3.32. The molecule has 0 bridgehead atoms. The third-order valence-corrected chi connectivity index (χ3v) is 4.80. The Morgan fingerprint density at radius 1 is 1.32 bits per heavy atom. The molecule has 0 aliphatic carbocycles. The summed E-state index contributed by atoms with van der Waals surface area (Å²) in [5, 5.41) is 0.663. The summed E-state index contributed by atoms with van der Waals surface area (Å²) in [5.74, 6) is 0.0425. The van der Waals surface area contributed by atoms with Crippen LogP contribution in [-0.4, -0.2) is 23.9 Å². The zero-order valence-electron chi connectivity index (χ0n) is 13.8. The highest BCUT2D eigenvalue weighted by atomic mass is 35.5. The van der Waals surface area contributed by atoms with E-state index in [9.17, 15) is 4.39 Å². The molecule has 0 fully saturated rings. The lowest BCUT2D eigenvalue weighted by molar-refractivity contribution is 0.104. The van der Waals surface area contributed by atoms with Crippen molar-refractivity contribution < 1.29 is 9.13 Å². The van der Waals surface area contributed by atoms with E-state index in [1.54, 1.807) is 24.3 Å². The van der Waals surface area contributed by atoms with E-state index in [2.05, 4.69) is 4.99 Å². The van der Waals surface area contributed by atoms with Crippen molar-refractivity contribution in [2.45, 2.75) is 18.9 Å². The number of hydrogen-bond donors (Lipinski definition) is 1. The van der Waals surface area contributed by atoms with Gasteiger partial charge in [-0.15, -0.1) is 0 Å². The van der Waals surface area contributed by atoms with Crippen LogP contribution in [0.5, 0.6) is 0 Å². The van der Waals surface area contributed by atoms with E-state index in [0.717, 1.165) is 16.0 Å². The summed E-state index contributed by atoms with van der Waals surface area (Å²) in [5.41, 5.74) is 7.26. The predicted octanol–water partition coefficient (Wildman–Crippen LogP) is 4.04. The number of aliphatic imine (C=N–C) groups is 1. The lowest BCUT2D eigenvalue weighted by Gasteiger charge is -2.30. The first-order valence-corrected chi connectivity index (χ1v) is 8.66. The SMILES string of the molecule is CC1(c2cc(CC(=S)c3ccc(Cl)cc3)ccc2F)COCC(N)=N1. The molecule has 1 unspecified atom stereocenters. The highest BCUT2D eigenvalue weighted by molar-refractivity contribution is 7.80. The number of rotatable bonds is 4. The Labute approximate surface area is 156 Å². The highest BCUT2D eigenvalue weighted by Crippen LogP contribution is 2.31. The van der Waals surface area contributed by atoms with Crippen molar-refractivity contribution in [1.82, 2.24) is 0 Å². The van der Waals surface area contributed by atoms with Crippen LogP contribution in [0.25, 0.3) is 0 Å². The summed E-state index contributed by atoms with van der Waals surface area (Å²) in [7, 11) is 0. The number of halogens is 2. The van der Waals surface area contributed by atoms with Gasteiger partial charge in [0.2, 0.25) is 0 Å². The topological polar surface area (TPSA) is 47.6 Å². The van der Waals surface area contributed by atoms with Gasteiger partial charge in [-0.1, -0.05) is 42.0 Å². The molecule has 3 rings (SSSR count). The molecule has 1 atom stereocenters. The summed E-state index contributed by atoms with van der Waals surface area (Å²) in [4.78, 5) is 5.18. The van der Waals surface area contributed by atoms with Gasteiger partial charge < -0.3 is 10.5 Å². The molecule has 0 aromatic heterocycles. The molecule has 0 radical (unpaired) electrons. The first-order valence-electron chi connectivity index (χ1n) is 7.87. The van der Waals surface area contributed by atoms with Gasteiger partial charge in [0.25, 0.3) is 0 Å². The average molecular weight is 377 g/mol. The molecule has 1 aliphatic heterocycles. The molecule has 3 nitrogen and oxygen atoms in total. The Kier molecular flexibility index (Phi) is 5.18. The van der Waals surface area contributed by atoms with Crippen LogP contribution in [0.3, 0.4) is 0 Å². The van der Waals surface area contributed by atoms with Crippen LogP contribution in [0, 0.1) is 5.82 Å². The number of ether oxygens (including phenoxy) is 1. The molecule has 0 amide bonds. The van der Waals surface area contributed by atoms with Crippen molar-refractivity contribution in [3.8, 4) is 0 Å². The van der Waals surface area contributed by atoms with Gasteiger partial charge in [0.15, 0.2) is 0 Å². The molecular formula is C19H18ClFN2OS. The molecule has 0 spiro atoms. The van der Waals surface area contributed by atoms with E-state index in [4.69, 9.17) is 34.3 Å². The fraction of sp³-hybridized carbons (Fsp3) is 0.263. The van der Waals surface area contributed by atoms with Crippen molar-refractivity contribution in [2.24, 2.45) is 10.7 Å². The maximum Gasteiger partial charge on any atom is 0.128 e. The number of nitrogens with zero attached hydrogens (tertiary/aromatic N) is 1. The standard InChI is InChI=1S/C19H18ClFN2OS/c1-19(11-24-10-18(22)23-19)15-8-12(2-7-16(15)21)9-17(25)13-3-5-14(20)6-4-13/h2-8H,9-11H2,1H3,(H2,22,23). The van der Waals surface area contributed by atoms with E-state index in [1.807, 2.05) is 19.1 Å². The lowest BCUT2D eigenvalue weighted by atomic mass is 9.90. The molecule has 2 aromatic carbocycles. The van der Waals surface area contributed by atoms with Gasteiger partial charge >= 0.3 is 0 Å². The van der Waals surface area contributed by atoms with Crippen LogP contribution < -0.4 is 5.73 Å². The summed E-state index contributed by atoms with van der Waals surface area (Å²) < 4.78 is 19.9. The van der Waals surface area contributed by atoms with Crippen LogP contribution >= 0.6 is 23.8 Å². The smallest absolute Gasteiger partial charge is 0.128 e. The van der Waals surface area contributed by atoms with Crippen molar-refractivity contribution in [1.29, 1.82) is 0 Å². The Balaban J connectivity index is 1.88. The van der Waals surface area contributed by atoms with Crippen LogP contribution in [0.1, 0.15) is 23.6 Å². The molecule has 6 heteroatoms. The van der Waals surface area contributed by atoms with E-state index in [-0.39, 0.29) is 19.0 Å². The predicted molar refractivity (Wildman–Crippen MR) is 103 cm³/mol. The maximum atomic E-state index is 14.4. The van der Waals surface area contributed by atoms with E-state index < -0.39 is 5.54 Å². The van der Waals surface area contributed by atoms with Crippen LogP contribution in [0.2, 0.25) is 5.02 Å². The zero-order valence-corrected chi connectivity index (χ0v) is 15.3. The Morgan fingerprint density at radius 3 is 2.72 bits per heavy atom. The summed E-state index contributed by atoms with van der Waals surface area (Å²) >= 11 is 11.4. The Hall–Kier alpha value is -1.82. The average Bonchev–Trinajstić information content (AvgIpc) is 2.57. The molecule has 0 saturated carbocycles. The lowest BCUT2D eigenvalue weighted by Crippen LogP contribution is -2.38. The Morgan fingerprint density at radius 2 is 2.04 bits per heavy atom. The van der Waals surface area contributed by atoms with E-state index in [1.165, 1.54) is 6.07 Å². The summed E-state index contributed by atoms with van der Waals surface area (Å²) in [6, 6.07) is 12.4.